The molecule has 0 aliphatic carbocycles. The molecule has 0 bridgehead atoms. The monoisotopic (exact) mass is 243 g/mol. The third-order valence-corrected chi connectivity index (χ3v) is 2.74. The standard InChI is InChI=1S/C11H18ClN3O/c1-2-3-9(4-5-12)6-13-11(16)10-7-14-15-8-10/h7-9H,2-6H2,1H3,(H,13,16)(H,14,15). The summed E-state index contributed by atoms with van der Waals surface area (Å²) >= 11 is 5.72. The molecule has 1 atom stereocenters. The fourth-order valence-electron chi connectivity index (χ4n) is 1.63. The van der Waals surface area contributed by atoms with Crippen LogP contribution in [0.2, 0.25) is 0 Å². The Balaban J connectivity index is 2.34. The highest BCUT2D eigenvalue weighted by Crippen LogP contribution is 2.11. The second-order valence-corrected chi connectivity index (χ2v) is 4.21. The molecule has 1 heterocycles. The normalized spacial score (nSPS) is 12.4. The molecule has 1 unspecified atom stereocenters. The van der Waals surface area contributed by atoms with Crippen molar-refractivity contribution < 1.29 is 4.79 Å². The number of nitrogens with zero attached hydrogens (tertiary/aromatic N) is 1. The molecule has 0 saturated carbocycles. The maximum Gasteiger partial charge on any atom is 0.254 e. The molecule has 1 amide bonds. The zero-order valence-electron chi connectivity index (χ0n) is 9.50. The Bertz CT molecular complexity index is 294. The Labute approximate surface area is 101 Å². The van der Waals surface area contributed by atoms with Crippen LogP contribution in [0.25, 0.3) is 0 Å². The van der Waals surface area contributed by atoms with E-state index in [9.17, 15) is 4.79 Å². The highest BCUT2D eigenvalue weighted by Gasteiger charge is 2.11. The Morgan fingerprint density at radius 1 is 1.62 bits per heavy atom. The van der Waals surface area contributed by atoms with Crippen LogP contribution in [0.5, 0.6) is 0 Å². The van der Waals surface area contributed by atoms with E-state index in [0.29, 0.717) is 23.9 Å². The van der Waals surface area contributed by atoms with Gasteiger partial charge >= 0.3 is 0 Å². The summed E-state index contributed by atoms with van der Waals surface area (Å²) < 4.78 is 0. The van der Waals surface area contributed by atoms with Gasteiger partial charge in [0, 0.05) is 18.6 Å². The molecule has 16 heavy (non-hydrogen) atoms. The number of carbonyl (C=O) groups excluding carboxylic acids is 1. The van der Waals surface area contributed by atoms with Crippen molar-refractivity contribution in [2.24, 2.45) is 5.92 Å². The lowest BCUT2D eigenvalue weighted by atomic mass is 10.0. The lowest BCUT2D eigenvalue weighted by Crippen LogP contribution is -2.29. The van der Waals surface area contributed by atoms with E-state index in [0.717, 1.165) is 19.3 Å². The minimum Gasteiger partial charge on any atom is -0.352 e. The van der Waals surface area contributed by atoms with Crippen molar-refractivity contribution >= 4 is 17.5 Å². The molecule has 0 fully saturated rings. The van der Waals surface area contributed by atoms with Gasteiger partial charge in [-0.05, 0) is 18.8 Å². The zero-order valence-corrected chi connectivity index (χ0v) is 10.3. The number of alkyl halides is 1. The van der Waals surface area contributed by atoms with Crippen LogP contribution >= 0.6 is 11.6 Å². The van der Waals surface area contributed by atoms with Crippen LogP contribution in [0.15, 0.2) is 12.4 Å². The van der Waals surface area contributed by atoms with Crippen LogP contribution in [0.1, 0.15) is 36.5 Å². The fraction of sp³-hybridized carbons (Fsp3) is 0.636. The van der Waals surface area contributed by atoms with Crippen molar-refractivity contribution in [3.63, 3.8) is 0 Å². The number of H-pyrrole nitrogens is 1. The minimum absolute atomic E-state index is 0.0792. The van der Waals surface area contributed by atoms with Gasteiger partial charge in [-0.2, -0.15) is 5.10 Å². The van der Waals surface area contributed by atoms with Crippen LogP contribution in [0, 0.1) is 5.92 Å². The summed E-state index contributed by atoms with van der Waals surface area (Å²) in [6.07, 6.45) is 6.26. The number of amides is 1. The largest absolute Gasteiger partial charge is 0.352 e. The van der Waals surface area contributed by atoms with Gasteiger partial charge in [0.25, 0.3) is 5.91 Å². The first kappa shape index (κ1) is 13.0. The first-order valence-electron chi connectivity index (χ1n) is 5.60. The first-order chi connectivity index (χ1) is 7.77. The lowest BCUT2D eigenvalue weighted by molar-refractivity contribution is 0.0946. The Morgan fingerprint density at radius 2 is 2.44 bits per heavy atom. The Morgan fingerprint density at radius 3 is 3.00 bits per heavy atom. The molecule has 90 valence electrons. The van der Waals surface area contributed by atoms with Crippen LogP contribution in [-0.4, -0.2) is 28.5 Å². The zero-order chi connectivity index (χ0) is 11.8. The molecule has 5 heteroatoms. The molecule has 2 N–H and O–H groups in total. The van der Waals surface area contributed by atoms with Gasteiger partial charge < -0.3 is 5.32 Å². The molecule has 0 aliphatic rings. The maximum absolute atomic E-state index is 11.6. The SMILES string of the molecule is CCCC(CCCl)CNC(=O)c1cn[nH]c1. The van der Waals surface area contributed by atoms with Crippen molar-refractivity contribution in [1.29, 1.82) is 0 Å². The smallest absolute Gasteiger partial charge is 0.254 e. The molecule has 0 spiro atoms. The molecule has 0 radical (unpaired) electrons. The molecule has 1 aromatic heterocycles. The van der Waals surface area contributed by atoms with E-state index in [1.165, 1.54) is 6.20 Å². The van der Waals surface area contributed by atoms with Gasteiger partial charge in [0.15, 0.2) is 0 Å². The predicted octanol–water partition coefficient (Wildman–Crippen LogP) is 2.18. The number of hydrogen-bond acceptors (Lipinski definition) is 2. The van der Waals surface area contributed by atoms with Crippen molar-refractivity contribution in [2.45, 2.75) is 26.2 Å². The number of halogens is 1. The third kappa shape index (κ3) is 4.23. The molecule has 4 nitrogen and oxygen atoms in total. The number of rotatable bonds is 7. The van der Waals surface area contributed by atoms with Crippen LogP contribution in [-0.2, 0) is 0 Å². The van der Waals surface area contributed by atoms with Crippen molar-refractivity contribution in [3.05, 3.63) is 18.0 Å². The summed E-state index contributed by atoms with van der Waals surface area (Å²) in [6.45, 7) is 2.82. The van der Waals surface area contributed by atoms with Gasteiger partial charge in [-0.1, -0.05) is 13.3 Å². The Hall–Kier alpha value is -1.03. The van der Waals surface area contributed by atoms with Crippen molar-refractivity contribution in [3.8, 4) is 0 Å². The van der Waals surface area contributed by atoms with E-state index in [1.807, 2.05) is 0 Å². The summed E-state index contributed by atoms with van der Waals surface area (Å²) in [6, 6.07) is 0. The van der Waals surface area contributed by atoms with Crippen LogP contribution < -0.4 is 5.32 Å². The average molecular weight is 244 g/mol. The molecule has 0 aliphatic heterocycles. The molecular formula is C11H18ClN3O. The van der Waals surface area contributed by atoms with Crippen molar-refractivity contribution in [1.82, 2.24) is 15.5 Å². The van der Waals surface area contributed by atoms with E-state index < -0.39 is 0 Å². The number of aromatic nitrogens is 2. The predicted molar refractivity (Wildman–Crippen MR) is 64.7 cm³/mol. The van der Waals surface area contributed by atoms with Gasteiger partial charge in [-0.25, -0.2) is 0 Å². The Kier molecular flexibility index (Phi) is 5.93. The third-order valence-electron chi connectivity index (χ3n) is 2.53. The van der Waals surface area contributed by atoms with E-state index in [4.69, 9.17) is 11.6 Å². The van der Waals surface area contributed by atoms with E-state index in [1.54, 1.807) is 6.20 Å². The van der Waals surface area contributed by atoms with Crippen LogP contribution in [0.4, 0.5) is 0 Å². The summed E-state index contributed by atoms with van der Waals surface area (Å²) in [4.78, 5) is 11.6. The van der Waals surface area contributed by atoms with Gasteiger partial charge in [0.2, 0.25) is 0 Å². The van der Waals surface area contributed by atoms with E-state index in [-0.39, 0.29) is 5.91 Å². The number of hydrogen-bond donors (Lipinski definition) is 2. The maximum atomic E-state index is 11.6. The number of carbonyl (C=O) groups is 1. The van der Waals surface area contributed by atoms with Gasteiger partial charge in [-0.3, -0.25) is 9.89 Å². The van der Waals surface area contributed by atoms with E-state index in [2.05, 4.69) is 22.4 Å². The second-order valence-electron chi connectivity index (χ2n) is 3.83. The highest BCUT2D eigenvalue weighted by molar-refractivity contribution is 6.17. The lowest BCUT2D eigenvalue weighted by Gasteiger charge is -2.14. The first-order valence-corrected chi connectivity index (χ1v) is 6.14. The van der Waals surface area contributed by atoms with Gasteiger partial charge in [0.05, 0.1) is 11.8 Å². The second kappa shape index (κ2) is 7.28. The fourth-order valence-corrected chi connectivity index (χ4v) is 1.93. The van der Waals surface area contributed by atoms with Gasteiger partial charge in [0.1, 0.15) is 0 Å². The number of aromatic amines is 1. The molecule has 1 rings (SSSR count). The minimum atomic E-state index is -0.0792. The quantitative estimate of drug-likeness (QED) is 0.722. The van der Waals surface area contributed by atoms with E-state index >= 15 is 0 Å². The topological polar surface area (TPSA) is 57.8 Å². The highest BCUT2D eigenvalue weighted by atomic mass is 35.5. The molecule has 0 saturated heterocycles. The molecule has 1 aromatic rings. The summed E-state index contributed by atoms with van der Waals surface area (Å²) in [5.41, 5.74) is 0.570. The average Bonchev–Trinajstić information content (AvgIpc) is 2.79. The molecular weight excluding hydrogens is 226 g/mol. The summed E-state index contributed by atoms with van der Waals surface area (Å²) in [5.74, 6) is 1.04. The van der Waals surface area contributed by atoms with Crippen molar-refractivity contribution in [2.75, 3.05) is 12.4 Å². The summed E-state index contributed by atoms with van der Waals surface area (Å²) in [7, 11) is 0. The number of nitrogens with one attached hydrogen (secondary N) is 2. The van der Waals surface area contributed by atoms with Gasteiger partial charge in [-0.15, -0.1) is 11.6 Å². The van der Waals surface area contributed by atoms with Crippen LogP contribution in [0.3, 0.4) is 0 Å². The molecule has 0 aromatic carbocycles. The summed E-state index contributed by atoms with van der Waals surface area (Å²) in [5, 5.41) is 9.25.